The van der Waals surface area contributed by atoms with Crippen LogP contribution in [0.5, 0.6) is 0 Å². The van der Waals surface area contributed by atoms with Crippen molar-refractivity contribution >= 4 is 0 Å². The molecule has 0 amide bonds. The topological polar surface area (TPSA) is 54.7 Å². The van der Waals surface area contributed by atoms with E-state index in [0.29, 0.717) is 6.54 Å². The molecule has 0 saturated heterocycles. The molecule has 1 heterocycles. The van der Waals surface area contributed by atoms with Crippen LogP contribution in [0.15, 0.2) is 12.5 Å². The fraction of sp³-hybridized carbons (Fsp3) is 0.625. The molecular formula is C8H15N3. The smallest absolute Gasteiger partial charge is 0.0921 e. The number of hydrogen-bond acceptors (Lipinski definition) is 2. The molecule has 0 saturated carbocycles. The molecule has 1 aromatic rings. The molecule has 0 spiro atoms. The van der Waals surface area contributed by atoms with Crippen LogP contribution >= 0.6 is 0 Å². The van der Waals surface area contributed by atoms with E-state index >= 15 is 0 Å². The van der Waals surface area contributed by atoms with E-state index in [-0.39, 0.29) is 5.41 Å². The number of nitrogens with zero attached hydrogens (tertiary/aromatic N) is 1. The second-order valence-electron chi connectivity index (χ2n) is 3.62. The third kappa shape index (κ3) is 2.35. The number of aromatic amines is 1. The van der Waals surface area contributed by atoms with Crippen molar-refractivity contribution in [2.24, 2.45) is 11.1 Å². The first-order valence-corrected chi connectivity index (χ1v) is 3.81. The van der Waals surface area contributed by atoms with Gasteiger partial charge in [0, 0.05) is 11.9 Å². The standard InChI is InChI=1S/C8H15N3/c1-8(2,5-9)3-7-4-10-6-11-7/h4,6H,3,5,9H2,1-2H3,(H,10,11). The third-order valence-corrected chi connectivity index (χ3v) is 1.78. The summed E-state index contributed by atoms with van der Waals surface area (Å²) in [5.74, 6) is 0. The van der Waals surface area contributed by atoms with Crippen molar-refractivity contribution in [2.75, 3.05) is 6.54 Å². The van der Waals surface area contributed by atoms with Gasteiger partial charge in [0.25, 0.3) is 0 Å². The summed E-state index contributed by atoms with van der Waals surface area (Å²) in [5.41, 5.74) is 6.91. The maximum Gasteiger partial charge on any atom is 0.0921 e. The molecule has 3 heteroatoms. The first kappa shape index (κ1) is 8.27. The second kappa shape index (κ2) is 3.05. The second-order valence-corrected chi connectivity index (χ2v) is 3.62. The summed E-state index contributed by atoms with van der Waals surface area (Å²) in [6.07, 6.45) is 4.50. The SMILES string of the molecule is CC(C)(CN)Cc1cnc[nH]1. The summed E-state index contributed by atoms with van der Waals surface area (Å²) in [4.78, 5) is 7.01. The number of nitrogens with one attached hydrogen (secondary N) is 1. The lowest BCUT2D eigenvalue weighted by atomic mass is 9.88. The van der Waals surface area contributed by atoms with Crippen molar-refractivity contribution in [3.05, 3.63) is 18.2 Å². The minimum atomic E-state index is 0.173. The van der Waals surface area contributed by atoms with Crippen molar-refractivity contribution in [3.8, 4) is 0 Å². The van der Waals surface area contributed by atoms with Crippen LogP contribution in [0, 0.1) is 5.41 Å². The van der Waals surface area contributed by atoms with Crippen molar-refractivity contribution in [1.29, 1.82) is 0 Å². The van der Waals surface area contributed by atoms with Crippen LogP contribution in [0.2, 0.25) is 0 Å². The molecule has 11 heavy (non-hydrogen) atoms. The zero-order valence-electron chi connectivity index (χ0n) is 7.09. The molecule has 3 N–H and O–H groups in total. The van der Waals surface area contributed by atoms with Crippen LogP contribution in [-0.4, -0.2) is 16.5 Å². The lowest BCUT2D eigenvalue weighted by Crippen LogP contribution is -2.25. The molecule has 1 rings (SSSR count). The monoisotopic (exact) mass is 153 g/mol. The maximum absolute atomic E-state index is 5.59. The van der Waals surface area contributed by atoms with Crippen LogP contribution in [-0.2, 0) is 6.42 Å². The quantitative estimate of drug-likeness (QED) is 0.679. The van der Waals surface area contributed by atoms with E-state index in [1.165, 1.54) is 0 Å². The average Bonchev–Trinajstić information content (AvgIpc) is 2.39. The number of nitrogens with two attached hydrogens (primary N) is 1. The Balaban J connectivity index is 2.56. The predicted octanol–water partition coefficient (Wildman–Crippen LogP) is 0.937. The van der Waals surface area contributed by atoms with Gasteiger partial charge in [-0.15, -0.1) is 0 Å². The van der Waals surface area contributed by atoms with E-state index in [1.54, 1.807) is 6.33 Å². The largest absolute Gasteiger partial charge is 0.348 e. The fourth-order valence-electron chi connectivity index (χ4n) is 0.969. The van der Waals surface area contributed by atoms with Gasteiger partial charge in [-0.05, 0) is 18.4 Å². The summed E-state index contributed by atoms with van der Waals surface area (Å²) < 4.78 is 0. The predicted molar refractivity (Wildman–Crippen MR) is 45.1 cm³/mol. The molecule has 62 valence electrons. The van der Waals surface area contributed by atoms with E-state index in [2.05, 4.69) is 23.8 Å². The van der Waals surface area contributed by atoms with Gasteiger partial charge in [0.2, 0.25) is 0 Å². The number of hydrogen-bond donors (Lipinski definition) is 2. The van der Waals surface area contributed by atoms with Gasteiger partial charge < -0.3 is 10.7 Å². The van der Waals surface area contributed by atoms with E-state index in [4.69, 9.17) is 5.73 Å². The molecule has 0 aliphatic heterocycles. The highest BCUT2D eigenvalue weighted by molar-refractivity contribution is 4.98. The highest BCUT2D eigenvalue weighted by Gasteiger charge is 2.16. The maximum atomic E-state index is 5.59. The minimum Gasteiger partial charge on any atom is -0.348 e. The highest BCUT2D eigenvalue weighted by Crippen LogP contribution is 2.17. The molecule has 1 aromatic heterocycles. The van der Waals surface area contributed by atoms with Crippen LogP contribution in [0.25, 0.3) is 0 Å². The number of aromatic nitrogens is 2. The van der Waals surface area contributed by atoms with E-state index in [0.717, 1.165) is 12.1 Å². The average molecular weight is 153 g/mol. The normalized spacial score (nSPS) is 11.9. The molecule has 0 unspecified atom stereocenters. The Kier molecular flexibility index (Phi) is 2.29. The Labute approximate surface area is 67.0 Å². The summed E-state index contributed by atoms with van der Waals surface area (Å²) in [6.45, 7) is 4.99. The van der Waals surface area contributed by atoms with Crippen molar-refractivity contribution in [1.82, 2.24) is 9.97 Å². The van der Waals surface area contributed by atoms with Crippen molar-refractivity contribution in [2.45, 2.75) is 20.3 Å². The lowest BCUT2D eigenvalue weighted by Gasteiger charge is -2.20. The Morgan fingerprint density at radius 3 is 2.82 bits per heavy atom. The zero-order valence-corrected chi connectivity index (χ0v) is 7.09. The van der Waals surface area contributed by atoms with Gasteiger partial charge in [-0.2, -0.15) is 0 Å². The van der Waals surface area contributed by atoms with Crippen LogP contribution in [0.1, 0.15) is 19.5 Å². The summed E-state index contributed by atoms with van der Waals surface area (Å²) in [5, 5.41) is 0. The van der Waals surface area contributed by atoms with Gasteiger partial charge >= 0.3 is 0 Å². The molecule has 0 aliphatic carbocycles. The summed E-state index contributed by atoms with van der Waals surface area (Å²) in [6, 6.07) is 0. The molecule has 3 nitrogen and oxygen atoms in total. The Hall–Kier alpha value is -0.830. The molecule has 0 fully saturated rings. The number of H-pyrrole nitrogens is 1. The fourth-order valence-corrected chi connectivity index (χ4v) is 0.969. The summed E-state index contributed by atoms with van der Waals surface area (Å²) >= 11 is 0. The number of rotatable bonds is 3. The molecule has 0 bridgehead atoms. The molecule has 0 radical (unpaired) electrons. The molecular weight excluding hydrogens is 138 g/mol. The van der Waals surface area contributed by atoms with Gasteiger partial charge in [-0.25, -0.2) is 4.98 Å². The van der Waals surface area contributed by atoms with Gasteiger partial charge in [0.05, 0.1) is 6.33 Å². The van der Waals surface area contributed by atoms with E-state index in [9.17, 15) is 0 Å². The van der Waals surface area contributed by atoms with E-state index in [1.807, 2.05) is 6.20 Å². The van der Waals surface area contributed by atoms with Crippen LogP contribution in [0.3, 0.4) is 0 Å². The van der Waals surface area contributed by atoms with Crippen LogP contribution in [0.4, 0.5) is 0 Å². The molecule has 0 atom stereocenters. The summed E-state index contributed by atoms with van der Waals surface area (Å²) in [7, 11) is 0. The van der Waals surface area contributed by atoms with Gasteiger partial charge in [0.1, 0.15) is 0 Å². The zero-order chi connectivity index (χ0) is 8.32. The minimum absolute atomic E-state index is 0.173. The van der Waals surface area contributed by atoms with Gasteiger partial charge in [-0.3, -0.25) is 0 Å². The molecule has 0 aromatic carbocycles. The third-order valence-electron chi connectivity index (χ3n) is 1.78. The first-order valence-electron chi connectivity index (χ1n) is 3.81. The Morgan fingerprint density at radius 2 is 2.36 bits per heavy atom. The lowest BCUT2D eigenvalue weighted by molar-refractivity contribution is 0.373. The number of imidazole rings is 1. The Morgan fingerprint density at radius 1 is 1.64 bits per heavy atom. The molecule has 0 aliphatic rings. The highest BCUT2D eigenvalue weighted by atomic mass is 14.9. The first-order chi connectivity index (χ1) is 5.14. The van der Waals surface area contributed by atoms with Crippen molar-refractivity contribution in [3.63, 3.8) is 0 Å². The van der Waals surface area contributed by atoms with E-state index < -0.39 is 0 Å². The van der Waals surface area contributed by atoms with Crippen molar-refractivity contribution < 1.29 is 0 Å². The van der Waals surface area contributed by atoms with Gasteiger partial charge in [-0.1, -0.05) is 13.8 Å². The Bertz CT molecular complexity index is 201. The van der Waals surface area contributed by atoms with Crippen LogP contribution < -0.4 is 5.73 Å². The van der Waals surface area contributed by atoms with Gasteiger partial charge in [0.15, 0.2) is 0 Å².